The molecule has 1 N–H and O–H groups in total. The standard InChI is InChI=1S/C18H17ClN2O/c1-2-11-21-17-6-4-3-5-15(17)16(12-18(21)22)20-14-9-7-13(19)8-10-14/h3-10,12,20H,2,11H2,1H3. The summed E-state index contributed by atoms with van der Waals surface area (Å²) in [6, 6.07) is 17.1. The molecule has 0 aliphatic carbocycles. The summed E-state index contributed by atoms with van der Waals surface area (Å²) in [7, 11) is 0. The van der Waals surface area contributed by atoms with Crippen molar-refractivity contribution in [1.29, 1.82) is 0 Å². The number of nitrogens with zero attached hydrogens (tertiary/aromatic N) is 1. The third kappa shape index (κ3) is 2.85. The van der Waals surface area contributed by atoms with Gasteiger partial charge in [-0.2, -0.15) is 0 Å². The molecule has 1 aromatic heterocycles. The van der Waals surface area contributed by atoms with Gasteiger partial charge in [-0.05, 0) is 36.8 Å². The fraction of sp³-hybridized carbons (Fsp3) is 0.167. The van der Waals surface area contributed by atoms with Crippen molar-refractivity contribution in [2.24, 2.45) is 0 Å². The van der Waals surface area contributed by atoms with Crippen molar-refractivity contribution in [3.63, 3.8) is 0 Å². The first-order valence-electron chi connectivity index (χ1n) is 7.34. The van der Waals surface area contributed by atoms with E-state index in [9.17, 15) is 4.79 Å². The maximum Gasteiger partial charge on any atom is 0.253 e. The number of aromatic nitrogens is 1. The van der Waals surface area contributed by atoms with Gasteiger partial charge in [0.15, 0.2) is 0 Å². The van der Waals surface area contributed by atoms with Crippen molar-refractivity contribution in [1.82, 2.24) is 4.57 Å². The maximum absolute atomic E-state index is 12.4. The maximum atomic E-state index is 12.4. The molecular formula is C18H17ClN2O. The van der Waals surface area contributed by atoms with Crippen LogP contribution in [0.25, 0.3) is 10.9 Å². The number of aryl methyl sites for hydroxylation is 1. The molecule has 0 spiro atoms. The second-order valence-corrected chi connectivity index (χ2v) is 5.63. The number of benzene rings is 2. The van der Waals surface area contributed by atoms with E-state index in [0.29, 0.717) is 5.02 Å². The second-order valence-electron chi connectivity index (χ2n) is 5.20. The number of fused-ring (bicyclic) bond motifs is 1. The highest BCUT2D eigenvalue weighted by molar-refractivity contribution is 6.30. The van der Waals surface area contributed by atoms with E-state index in [-0.39, 0.29) is 5.56 Å². The molecule has 3 nitrogen and oxygen atoms in total. The molecule has 1 heterocycles. The van der Waals surface area contributed by atoms with Gasteiger partial charge in [0.1, 0.15) is 0 Å². The molecule has 0 amide bonds. The minimum atomic E-state index is 0.0111. The predicted molar refractivity (Wildman–Crippen MR) is 93.2 cm³/mol. The van der Waals surface area contributed by atoms with Gasteiger partial charge in [-0.3, -0.25) is 4.79 Å². The minimum Gasteiger partial charge on any atom is -0.355 e. The number of halogens is 1. The van der Waals surface area contributed by atoms with Crippen LogP contribution < -0.4 is 10.9 Å². The summed E-state index contributed by atoms with van der Waals surface area (Å²) < 4.78 is 1.82. The molecule has 4 heteroatoms. The highest BCUT2D eigenvalue weighted by Gasteiger charge is 2.08. The van der Waals surface area contributed by atoms with Crippen LogP contribution in [0, 0.1) is 0 Å². The smallest absolute Gasteiger partial charge is 0.253 e. The van der Waals surface area contributed by atoms with Gasteiger partial charge in [0.05, 0.1) is 11.2 Å². The fourth-order valence-electron chi connectivity index (χ4n) is 2.58. The van der Waals surface area contributed by atoms with Crippen LogP contribution in [-0.2, 0) is 6.54 Å². The number of anilines is 2. The Morgan fingerprint density at radius 3 is 2.55 bits per heavy atom. The lowest BCUT2D eigenvalue weighted by atomic mass is 10.1. The molecule has 3 aromatic rings. The molecule has 0 unspecified atom stereocenters. The highest BCUT2D eigenvalue weighted by Crippen LogP contribution is 2.25. The van der Waals surface area contributed by atoms with Crippen molar-refractivity contribution in [3.05, 3.63) is 70.0 Å². The second kappa shape index (κ2) is 6.24. The van der Waals surface area contributed by atoms with Crippen LogP contribution in [0.1, 0.15) is 13.3 Å². The molecule has 3 rings (SSSR count). The van der Waals surface area contributed by atoms with Crippen molar-refractivity contribution in [3.8, 4) is 0 Å². The topological polar surface area (TPSA) is 34.0 Å². The number of nitrogens with one attached hydrogen (secondary N) is 1. The van der Waals surface area contributed by atoms with Gasteiger partial charge in [0, 0.05) is 28.7 Å². The normalized spacial score (nSPS) is 10.8. The van der Waals surface area contributed by atoms with Crippen LogP contribution in [0.2, 0.25) is 5.02 Å². The Bertz CT molecular complexity index is 853. The lowest BCUT2D eigenvalue weighted by Gasteiger charge is -2.14. The first-order chi connectivity index (χ1) is 10.7. The number of hydrogen-bond donors (Lipinski definition) is 1. The number of rotatable bonds is 4. The van der Waals surface area contributed by atoms with Crippen LogP contribution in [0.3, 0.4) is 0 Å². The number of hydrogen-bond acceptors (Lipinski definition) is 2. The number of pyridine rings is 1. The van der Waals surface area contributed by atoms with E-state index in [1.54, 1.807) is 6.07 Å². The SMILES string of the molecule is CCCn1c(=O)cc(Nc2ccc(Cl)cc2)c2ccccc21. The van der Waals surface area contributed by atoms with Crippen LogP contribution in [0.15, 0.2) is 59.4 Å². The molecule has 112 valence electrons. The van der Waals surface area contributed by atoms with E-state index >= 15 is 0 Å². The quantitative estimate of drug-likeness (QED) is 0.750. The Morgan fingerprint density at radius 2 is 1.82 bits per heavy atom. The van der Waals surface area contributed by atoms with Crippen molar-refractivity contribution in [2.75, 3.05) is 5.32 Å². The van der Waals surface area contributed by atoms with Gasteiger partial charge in [0.2, 0.25) is 0 Å². The third-order valence-corrected chi connectivity index (χ3v) is 3.84. The van der Waals surface area contributed by atoms with E-state index < -0.39 is 0 Å². The first kappa shape index (κ1) is 14.7. The molecule has 0 aliphatic heterocycles. The van der Waals surface area contributed by atoms with Crippen molar-refractivity contribution in [2.45, 2.75) is 19.9 Å². The van der Waals surface area contributed by atoms with Crippen LogP contribution >= 0.6 is 11.6 Å². The van der Waals surface area contributed by atoms with Crippen molar-refractivity contribution >= 4 is 33.9 Å². The molecular weight excluding hydrogens is 296 g/mol. The summed E-state index contributed by atoms with van der Waals surface area (Å²) in [5.41, 5.74) is 2.68. The average molecular weight is 313 g/mol. The van der Waals surface area contributed by atoms with E-state index in [4.69, 9.17) is 11.6 Å². The Labute approximate surface area is 134 Å². The van der Waals surface area contributed by atoms with Crippen molar-refractivity contribution < 1.29 is 0 Å². The van der Waals surface area contributed by atoms with Crippen LogP contribution in [0.5, 0.6) is 0 Å². The van der Waals surface area contributed by atoms with Gasteiger partial charge in [-0.1, -0.05) is 36.7 Å². The molecule has 0 fully saturated rings. The number of para-hydroxylation sites is 1. The molecule has 0 saturated heterocycles. The lowest BCUT2D eigenvalue weighted by molar-refractivity contribution is 0.678. The van der Waals surface area contributed by atoms with Gasteiger partial charge in [0.25, 0.3) is 5.56 Å². The zero-order valence-electron chi connectivity index (χ0n) is 12.3. The fourth-order valence-corrected chi connectivity index (χ4v) is 2.71. The molecule has 22 heavy (non-hydrogen) atoms. The highest BCUT2D eigenvalue weighted by atomic mass is 35.5. The molecule has 0 aliphatic rings. The van der Waals surface area contributed by atoms with Gasteiger partial charge in [-0.15, -0.1) is 0 Å². The summed E-state index contributed by atoms with van der Waals surface area (Å²) in [5, 5.41) is 5.03. The Balaban J connectivity index is 2.12. The summed E-state index contributed by atoms with van der Waals surface area (Å²) >= 11 is 5.91. The van der Waals surface area contributed by atoms with Gasteiger partial charge in [-0.25, -0.2) is 0 Å². The predicted octanol–water partition coefficient (Wildman–Crippen LogP) is 4.81. The minimum absolute atomic E-state index is 0.0111. The van der Waals surface area contributed by atoms with Crippen LogP contribution in [-0.4, -0.2) is 4.57 Å². The zero-order valence-corrected chi connectivity index (χ0v) is 13.1. The zero-order chi connectivity index (χ0) is 15.5. The Kier molecular flexibility index (Phi) is 4.16. The Hall–Kier alpha value is -2.26. The largest absolute Gasteiger partial charge is 0.355 e. The Morgan fingerprint density at radius 1 is 1.09 bits per heavy atom. The van der Waals surface area contributed by atoms with E-state index in [1.165, 1.54) is 0 Å². The molecule has 2 aromatic carbocycles. The van der Waals surface area contributed by atoms with E-state index in [1.807, 2.05) is 53.1 Å². The third-order valence-electron chi connectivity index (χ3n) is 3.59. The molecule has 0 bridgehead atoms. The van der Waals surface area contributed by atoms with E-state index in [2.05, 4.69) is 12.2 Å². The monoisotopic (exact) mass is 312 g/mol. The molecule has 0 atom stereocenters. The molecule has 0 radical (unpaired) electrons. The summed E-state index contributed by atoms with van der Waals surface area (Å²) in [4.78, 5) is 12.4. The van der Waals surface area contributed by atoms with Crippen LogP contribution in [0.4, 0.5) is 11.4 Å². The molecule has 0 saturated carbocycles. The average Bonchev–Trinajstić information content (AvgIpc) is 2.53. The summed E-state index contributed by atoms with van der Waals surface area (Å²) in [6.45, 7) is 2.79. The summed E-state index contributed by atoms with van der Waals surface area (Å²) in [5.74, 6) is 0. The van der Waals surface area contributed by atoms with E-state index in [0.717, 1.165) is 35.2 Å². The summed E-state index contributed by atoms with van der Waals surface area (Å²) in [6.07, 6.45) is 0.924. The van der Waals surface area contributed by atoms with Gasteiger partial charge < -0.3 is 9.88 Å². The lowest BCUT2D eigenvalue weighted by Crippen LogP contribution is -2.20. The van der Waals surface area contributed by atoms with Gasteiger partial charge >= 0.3 is 0 Å². The first-order valence-corrected chi connectivity index (χ1v) is 7.72.